The molecule has 0 spiro atoms. The maximum atomic E-state index is 12.6. The molecule has 3 rings (SSSR count). The molecule has 0 unspecified atom stereocenters. The van der Waals surface area contributed by atoms with E-state index >= 15 is 0 Å². The lowest BCUT2D eigenvalue weighted by atomic mass is 9.95. The van der Waals surface area contributed by atoms with E-state index in [-0.39, 0.29) is 30.3 Å². The summed E-state index contributed by atoms with van der Waals surface area (Å²) in [5.41, 5.74) is 8.21. The van der Waals surface area contributed by atoms with Crippen molar-refractivity contribution in [1.82, 2.24) is 14.5 Å². The lowest BCUT2D eigenvalue weighted by Gasteiger charge is -2.15. The molecule has 1 saturated heterocycles. The Balaban J connectivity index is 0.00000176. The molecular formula is C15H19ClN4OS. The monoisotopic (exact) mass is 338 g/mol. The van der Waals surface area contributed by atoms with Crippen LogP contribution in [0.25, 0.3) is 0 Å². The summed E-state index contributed by atoms with van der Waals surface area (Å²) in [6.45, 7) is 3.22. The fourth-order valence-corrected chi connectivity index (χ4v) is 3.51. The van der Waals surface area contributed by atoms with Gasteiger partial charge in [0.05, 0.1) is 5.69 Å². The van der Waals surface area contributed by atoms with Crippen LogP contribution in [-0.4, -0.2) is 39.5 Å². The molecule has 7 heteroatoms. The molecule has 1 fully saturated rings. The second kappa shape index (κ2) is 7.17. The van der Waals surface area contributed by atoms with Gasteiger partial charge in [-0.25, -0.2) is 0 Å². The minimum Gasteiger partial charge on any atom is -0.336 e. The van der Waals surface area contributed by atoms with Crippen molar-refractivity contribution in [2.45, 2.75) is 25.3 Å². The largest absolute Gasteiger partial charge is 0.336 e. The van der Waals surface area contributed by atoms with E-state index < -0.39 is 0 Å². The lowest BCUT2D eigenvalue weighted by Crippen LogP contribution is -2.32. The predicted molar refractivity (Wildman–Crippen MR) is 89.6 cm³/mol. The van der Waals surface area contributed by atoms with Gasteiger partial charge in [0.2, 0.25) is 0 Å². The summed E-state index contributed by atoms with van der Waals surface area (Å²) in [5, 5.41) is 4.01. The Bertz CT molecular complexity index is 633. The number of likely N-dealkylation sites (tertiary alicyclic amines) is 1. The van der Waals surface area contributed by atoms with Gasteiger partial charge in [0, 0.05) is 25.0 Å². The van der Waals surface area contributed by atoms with Gasteiger partial charge in [-0.2, -0.15) is 0 Å². The Labute approximate surface area is 140 Å². The summed E-state index contributed by atoms with van der Waals surface area (Å²) >= 11 is 1.17. The molecule has 2 aromatic rings. The third-order valence-electron chi connectivity index (χ3n) is 3.96. The Hall–Kier alpha value is -1.50. The highest BCUT2D eigenvalue weighted by Gasteiger charge is 2.35. The number of aromatic nitrogens is 2. The van der Waals surface area contributed by atoms with Crippen molar-refractivity contribution in [2.75, 3.05) is 13.1 Å². The van der Waals surface area contributed by atoms with Crippen LogP contribution in [0.5, 0.6) is 0 Å². The van der Waals surface area contributed by atoms with E-state index in [9.17, 15) is 4.79 Å². The molecule has 5 nitrogen and oxygen atoms in total. The molecule has 0 aliphatic carbocycles. The van der Waals surface area contributed by atoms with Gasteiger partial charge in [-0.3, -0.25) is 4.79 Å². The van der Waals surface area contributed by atoms with Crippen molar-refractivity contribution in [3.63, 3.8) is 0 Å². The number of nitrogens with zero attached hydrogens (tertiary/aromatic N) is 3. The van der Waals surface area contributed by atoms with Crippen LogP contribution in [0, 0.1) is 0 Å². The molecule has 2 heterocycles. The van der Waals surface area contributed by atoms with Crippen LogP contribution in [0.15, 0.2) is 30.3 Å². The van der Waals surface area contributed by atoms with Crippen molar-refractivity contribution in [3.8, 4) is 0 Å². The predicted octanol–water partition coefficient (Wildman–Crippen LogP) is 2.09. The van der Waals surface area contributed by atoms with Crippen LogP contribution in [-0.2, 0) is 6.42 Å². The zero-order valence-electron chi connectivity index (χ0n) is 12.3. The van der Waals surface area contributed by atoms with E-state index in [0.29, 0.717) is 18.0 Å². The smallest absolute Gasteiger partial charge is 0.267 e. The van der Waals surface area contributed by atoms with Crippen LogP contribution in [0.4, 0.5) is 0 Å². The Morgan fingerprint density at radius 3 is 2.77 bits per heavy atom. The molecule has 0 radical (unpaired) electrons. The molecule has 1 aliphatic heterocycles. The van der Waals surface area contributed by atoms with Gasteiger partial charge in [-0.15, -0.1) is 17.5 Å². The minimum absolute atomic E-state index is 0. The zero-order chi connectivity index (χ0) is 14.8. The molecule has 1 aliphatic rings. The number of hydrogen-bond donors (Lipinski definition) is 1. The molecule has 1 amide bonds. The van der Waals surface area contributed by atoms with Crippen molar-refractivity contribution < 1.29 is 4.79 Å². The van der Waals surface area contributed by atoms with E-state index in [0.717, 1.165) is 12.1 Å². The SMILES string of the molecule is CCc1nnsc1C(=O)N1C[C@@H](N)[C@H](c2ccccc2)C1.Cl. The summed E-state index contributed by atoms with van der Waals surface area (Å²) in [4.78, 5) is 15.1. The van der Waals surface area contributed by atoms with Gasteiger partial charge in [0.1, 0.15) is 4.88 Å². The summed E-state index contributed by atoms with van der Waals surface area (Å²) in [6.07, 6.45) is 0.722. The van der Waals surface area contributed by atoms with Crippen LogP contribution in [0.2, 0.25) is 0 Å². The third kappa shape index (κ3) is 3.14. The minimum atomic E-state index is -0.0256. The van der Waals surface area contributed by atoms with Crippen molar-refractivity contribution >= 4 is 29.8 Å². The Morgan fingerprint density at radius 1 is 1.36 bits per heavy atom. The van der Waals surface area contributed by atoms with E-state index in [2.05, 4.69) is 21.7 Å². The highest BCUT2D eigenvalue weighted by atomic mass is 35.5. The number of carbonyl (C=O) groups is 1. The van der Waals surface area contributed by atoms with Crippen LogP contribution in [0.3, 0.4) is 0 Å². The second-order valence-electron chi connectivity index (χ2n) is 5.29. The number of rotatable bonds is 3. The van der Waals surface area contributed by atoms with Gasteiger partial charge < -0.3 is 10.6 Å². The first-order valence-corrected chi connectivity index (χ1v) is 7.89. The molecule has 2 atom stereocenters. The molecule has 1 aromatic carbocycles. The maximum Gasteiger partial charge on any atom is 0.267 e. The number of halogens is 1. The first kappa shape index (κ1) is 16.9. The number of nitrogens with two attached hydrogens (primary N) is 1. The van der Waals surface area contributed by atoms with E-state index in [4.69, 9.17) is 5.73 Å². The fraction of sp³-hybridized carbons (Fsp3) is 0.400. The Kier molecular flexibility index (Phi) is 5.50. The fourth-order valence-electron chi connectivity index (χ4n) is 2.79. The first-order chi connectivity index (χ1) is 10.2. The van der Waals surface area contributed by atoms with Crippen LogP contribution < -0.4 is 5.73 Å². The summed E-state index contributed by atoms with van der Waals surface area (Å²) < 4.78 is 3.89. The topological polar surface area (TPSA) is 72.1 Å². The average molecular weight is 339 g/mol. The number of hydrogen-bond acceptors (Lipinski definition) is 5. The first-order valence-electron chi connectivity index (χ1n) is 7.11. The molecule has 2 N–H and O–H groups in total. The van der Waals surface area contributed by atoms with Gasteiger partial charge in [0.15, 0.2) is 0 Å². The normalized spacial score (nSPS) is 20.7. The second-order valence-corrected chi connectivity index (χ2v) is 6.05. The van der Waals surface area contributed by atoms with E-state index in [1.807, 2.05) is 30.0 Å². The van der Waals surface area contributed by atoms with Crippen molar-refractivity contribution in [1.29, 1.82) is 0 Å². The van der Waals surface area contributed by atoms with Crippen LogP contribution in [0.1, 0.15) is 33.8 Å². The highest BCUT2D eigenvalue weighted by molar-refractivity contribution is 7.08. The molecule has 0 saturated carbocycles. The molecule has 1 aromatic heterocycles. The third-order valence-corrected chi connectivity index (χ3v) is 4.72. The van der Waals surface area contributed by atoms with Gasteiger partial charge in [0.25, 0.3) is 5.91 Å². The summed E-state index contributed by atoms with van der Waals surface area (Å²) in [6, 6.07) is 10.1. The molecule has 0 bridgehead atoms. The molecule has 22 heavy (non-hydrogen) atoms. The van der Waals surface area contributed by atoms with E-state index in [1.54, 1.807) is 0 Å². The van der Waals surface area contributed by atoms with Crippen LogP contribution >= 0.6 is 23.9 Å². The van der Waals surface area contributed by atoms with Gasteiger partial charge in [-0.1, -0.05) is 41.7 Å². The zero-order valence-corrected chi connectivity index (χ0v) is 13.9. The van der Waals surface area contributed by atoms with Gasteiger partial charge in [-0.05, 0) is 23.5 Å². The molecular weight excluding hydrogens is 320 g/mol. The lowest BCUT2D eigenvalue weighted by molar-refractivity contribution is 0.0792. The number of carbonyl (C=O) groups excluding carboxylic acids is 1. The molecule has 118 valence electrons. The highest BCUT2D eigenvalue weighted by Crippen LogP contribution is 2.28. The standard InChI is InChI=1S/C15H18N4OS.ClH/c1-2-13-14(21-18-17-13)15(20)19-8-11(12(16)9-19)10-6-4-3-5-7-10;/h3-7,11-12H,2,8-9,16H2,1H3;1H/t11-,12+;/m0./s1. The van der Waals surface area contributed by atoms with Gasteiger partial charge >= 0.3 is 0 Å². The van der Waals surface area contributed by atoms with Crippen molar-refractivity contribution in [3.05, 3.63) is 46.5 Å². The quantitative estimate of drug-likeness (QED) is 0.930. The number of benzene rings is 1. The summed E-state index contributed by atoms with van der Waals surface area (Å²) in [7, 11) is 0. The number of amides is 1. The maximum absolute atomic E-state index is 12.6. The van der Waals surface area contributed by atoms with Crippen molar-refractivity contribution in [2.24, 2.45) is 5.73 Å². The summed E-state index contributed by atoms with van der Waals surface area (Å²) in [5.74, 6) is 0.205. The van der Waals surface area contributed by atoms with E-state index in [1.165, 1.54) is 17.1 Å². The Morgan fingerprint density at radius 2 is 2.09 bits per heavy atom. The number of aryl methyl sites for hydroxylation is 1. The average Bonchev–Trinajstić information content (AvgIpc) is 3.13.